The molecule has 2 aliphatic rings. The van der Waals surface area contributed by atoms with E-state index in [0.29, 0.717) is 5.92 Å². The monoisotopic (exact) mass is 193 g/mol. The van der Waals surface area contributed by atoms with Crippen molar-refractivity contribution in [2.24, 2.45) is 5.92 Å². The lowest BCUT2D eigenvalue weighted by Gasteiger charge is -2.13. The van der Waals surface area contributed by atoms with Gasteiger partial charge in [0.1, 0.15) is 0 Å². The molecule has 3 rings (SSSR count). The molecule has 0 saturated carbocycles. The van der Waals surface area contributed by atoms with Gasteiger partial charge < -0.3 is 0 Å². The zero-order valence-corrected chi connectivity index (χ0v) is 8.61. The molecule has 1 aromatic rings. The van der Waals surface area contributed by atoms with E-state index in [0.717, 1.165) is 6.42 Å². The van der Waals surface area contributed by atoms with Crippen molar-refractivity contribution in [2.45, 2.75) is 12.8 Å². The Labute approximate surface area is 90.6 Å². The van der Waals surface area contributed by atoms with Crippen LogP contribution in [0.25, 0.3) is 6.08 Å². The van der Waals surface area contributed by atoms with E-state index in [-0.39, 0.29) is 0 Å². The van der Waals surface area contributed by atoms with Gasteiger partial charge in [0.25, 0.3) is 0 Å². The normalized spacial score (nSPS) is 22.7. The molecule has 73 valence electrons. The minimum absolute atomic E-state index is 0.607. The molecule has 0 heteroatoms. The van der Waals surface area contributed by atoms with Crippen LogP contribution in [0, 0.1) is 12.0 Å². The zero-order valence-electron chi connectivity index (χ0n) is 8.61. The molecule has 0 N–H and O–H groups in total. The van der Waals surface area contributed by atoms with Crippen molar-refractivity contribution >= 4 is 6.08 Å². The molecule has 0 amide bonds. The maximum Gasteiger partial charge on any atom is 0.00244 e. The molecule has 1 aromatic carbocycles. The summed E-state index contributed by atoms with van der Waals surface area (Å²) in [6, 6.07) is 9.61. The molecular weight excluding hydrogens is 180 g/mol. The molecule has 1 radical (unpaired) electrons. The first kappa shape index (κ1) is 8.72. The minimum Gasteiger partial charge on any atom is -0.0770 e. The van der Waals surface area contributed by atoms with Crippen molar-refractivity contribution in [2.75, 3.05) is 0 Å². The van der Waals surface area contributed by atoms with E-state index < -0.39 is 0 Å². The van der Waals surface area contributed by atoms with Crippen LogP contribution in [0.2, 0.25) is 0 Å². The van der Waals surface area contributed by atoms with E-state index in [2.05, 4.69) is 48.6 Å². The molecule has 0 saturated heterocycles. The topological polar surface area (TPSA) is 0 Å². The van der Waals surface area contributed by atoms with Crippen molar-refractivity contribution in [3.8, 4) is 0 Å². The highest BCUT2D eigenvalue weighted by Crippen LogP contribution is 2.30. The Bertz CT molecular complexity index is 461. The van der Waals surface area contributed by atoms with Gasteiger partial charge in [0, 0.05) is 5.92 Å². The van der Waals surface area contributed by atoms with Crippen LogP contribution >= 0.6 is 0 Å². The van der Waals surface area contributed by atoms with Crippen LogP contribution in [0.5, 0.6) is 0 Å². The maximum absolute atomic E-state index is 3.35. The van der Waals surface area contributed by atoms with Crippen molar-refractivity contribution in [1.29, 1.82) is 0 Å². The number of hydrogen-bond acceptors (Lipinski definition) is 0. The summed E-state index contributed by atoms with van der Waals surface area (Å²) in [6.45, 7) is 0. The molecule has 0 nitrogen and oxygen atoms in total. The SMILES string of the molecule is [c]1cccc2c1CCC1C=CC=CC1=C2. The van der Waals surface area contributed by atoms with Gasteiger partial charge in [-0.2, -0.15) is 0 Å². The first-order chi connectivity index (χ1) is 7.43. The third-order valence-corrected chi connectivity index (χ3v) is 3.18. The molecule has 0 fully saturated rings. The molecule has 2 aliphatic carbocycles. The lowest BCUT2D eigenvalue weighted by atomic mass is 9.91. The van der Waals surface area contributed by atoms with Gasteiger partial charge in [0.05, 0.1) is 0 Å². The van der Waals surface area contributed by atoms with Crippen LogP contribution in [0.15, 0.2) is 48.1 Å². The second-order valence-electron chi connectivity index (χ2n) is 4.14. The average molecular weight is 193 g/mol. The smallest absolute Gasteiger partial charge is 0.00244 e. The predicted octanol–water partition coefficient (Wildman–Crippen LogP) is 3.56. The highest BCUT2D eigenvalue weighted by atomic mass is 14.2. The second kappa shape index (κ2) is 3.54. The predicted molar refractivity (Wildman–Crippen MR) is 63.3 cm³/mol. The number of hydrogen-bond donors (Lipinski definition) is 0. The third kappa shape index (κ3) is 1.56. The Morgan fingerprint density at radius 2 is 2.27 bits per heavy atom. The lowest BCUT2D eigenvalue weighted by Crippen LogP contribution is -2.01. The molecular formula is C15H13. The fourth-order valence-corrected chi connectivity index (χ4v) is 2.33. The van der Waals surface area contributed by atoms with Crippen LogP contribution in [-0.4, -0.2) is 0 Å². The van der Waals surface area contributed by atoms with E-state index in [1.54, 1.807) is 0 Å². The fourth-order valence-electron chi connectivity index (χ4n) is 2.33. The zero-order chi connectivity index (χ0) is 10.1. The fraction of sp³-hybridized carbons (Fsp3) is 0.200. The Morgan fingerprint density at radius 3 is 3.27 bits per heavy atom. The summed E-state index contributed by atoms with van der Waals surface area (Å²) in [7, 11) is 0. The summed E-state index contributed by atoms with van der Waals surface area (Å²) >= 11 is 0. The van der Waals surface area contributed by atoms with Gasteiger partial charge in [0.2, 0.25) is 0 Å². The number of fused-ring (bicyclic) bond motifs is 2. The minimum atomic E-state index is 0.607. The van der Waals surface area contributed by atoms with Crippen molar-refractivity contribution in [3.05, 3.63) is 65.3 Å². The van der Waals surface area contributed by atoms with Crippen LogP contribution in [0.1, 0.15) is 17.5 Å². The number of rotatable bonds is 0. The molecule has 0 spiro atoms. The summed E-state index contributed by atoms with van der Waals surface area (Å²) in [4.78, 5) is 0. The Balaban J connectivity index is 2.09. The summed E-state index contributed by atoms with van der Waals surface area (Å²) in [5, 5.41) is 0. The van der Waals surface area contributed by atoms with Crippen molar-refractivity contribution in [1.82, 2.24) is 0 Å². The summed E-state index contributed by atoms with van der Waals surface area (Å²) in [5.41, 5.74) is 4.15. The van der Waals surface area contributed by atoms with Gasteiger partial charge >= 0.3 is 0 Å². The highest BCUT2D eigenvalue weighted by Gasteiger charge is 2.16. The van der Waals surface area contributed by atoms with E-state index in [9.17, 15) is 0 Å². The van der Waals surface area contributed by atoms with Crippen LogP contribution < -0.4 is 0 Å². The lowest BCUT2D eigenvalue weighted by molar-refractivity contribution is 0.691. The summed E-state index contributed by atoms with van der Waals surface area (Å²) < 4.78 is 0. The first-order valence-electron chi connectivity index (χ1n) is 5.49. The molecule has 1 atom stereocenters. The van der Waals surface area contributed by atoms with Gasteiger partial charge in [-0.1, -0.05) is 48.6 Å². The van der Waals surface area contributed by atoms with Crippen molar-refractivity contribution in [3.63, 3.8) is 0 Å². The summed E-state index contributed by atoms with van der Waals surface area (Å²) in [6.07, 6.45) is 13.5. The van der Waals surface area contributed by atoms with E-state index in [4.69, 9.17) is 0 Å². The Morgan fingerprint density at radius 1 is 1.27 bits per heavy atom. The molecule has 0 aliphatic heterocycles. The quantitative estimate of drug-likeness (QED) is 0.591. The average Bonchev–Trinajstić information content (AvgIpc) is 2.48. The van der Waals surface area contributed by atoms with E-state index >= 15 is 0 Å². The van der Waals surface area contributed by atoms with Crippen LogP contribution in [-0.2, 0) is 6.42 Å². The Hall–Kier alpha value is -1.56. The number of aryl methyl sites for hydroxylation is 1. The number of allylic oxidation sites excluding steroid dienone is 5. The van der Waals surface area contributed by atoms with Crippen LogP contribution in [0.4, 0.5) is 0 Å². The van der Waals surface area contributed by atoms with Crippen LogP contribution in [0.3, 0.4) is 0 Å². The third-order valence-electron chi connectivity index (χ3n) is 3.18. The summed E-state index contributed by atoms with van der Waals surface area (Å²) in [5.74, 6) is 0.607. The van der Waals surface area contributed by atoms with Gasteiger partial charge in [-0.15, -0.1) is 0 Å². The van der Waals surface area contributed by atoms with Crippen molar-refractivity contribution < 1.29 is 0 Å². The van der Waals surface area contributed by atoms with E-state index in [1.165, 1.54) is 23.1 Å². The van der Waals surface area contributed by atoms with Gasteiger partial charge in [-0.3, -0.25) is 0 Å². The highest BCUT2D eigenvalue weighted by molar-refractivity contribution is 5.62. The standard InChI is InChI=1S/C15H13/c1-3-7-14-11-15-8-4-2-6-13(15)10-9-12(14)5-1/h1-5,7-8,11-12H,9-10H2. The van der Waals surface area contributed by atoms with Gasteiger partial charge in [-0.25, -0.2) is 0 Å². The molecule has 0 bridgehead atoms. The molecule has 15 heavy (non-hydrogen) atoms. The molecule has 1 unspecified atom stereocenters. The van der Waals surface area contributed by atoms with E-state index in [1.807, 2.05) is 6.07 Å². The Kier molecular flexibility index (Phi) is 2.06. The van der Waals surface area contributed by atoms with Gasteiger partial charge in [-0.05, 0) is 35.6 Å². The second-order valence-corrected chi connectivity index (χ2v) is 4.14. The molecule has 0 heterocycles. The first-order valence-corrected chi connectivity index (χ1v) is 5.49. The molecule has 0 aromatic heterocycles. The largest absolute Gasteiger partial charge is 0.0770 e. The number of benzene rings is 1. The maximum atomic E-state index is 3.35. The van der Waals surface area contributed by atoms with Gasteiger partial charge in [0.15, 0.2) is 0 Å².